The van der Waals surface area contributed by atoms with Gasteiger partial charge in [-0.1, -0.05) is 0 Å². The van der Waals surface area contributed by atoms with Crippen LogP contribution in [0.3, 0.4) is 0 Å². The van der Waals surface area contributed by atoms with Gasteiger partial charge in [0.1, 0.15) is 0 Å². The maximum Gasteiger partial charge on any atom is 0.317 e. The molecule has 0 aromatic rings. The van der Waals surface area contributed by atoms with E-state index in [-0.39, 0.29) is 18.1 Å². The summed E-state index contributed by atoms with van der Waals surface area (Å²) in [5, 5.41) is 11.7. The number of nitrogens with zero attached hydrogens (tertiary/aromatic N) is 2. The molecule has 0 radical (unpaired) electrons. The average molecular weight is 237 g/mol. The maximum atomic E-state index is 11.8. The van der Waals surface area contributed by atoms with Crippen LogP contribution in [0.4, 0.5) is 4.79 Å². The van der Waals surface area contributed by atoms with Gasteiger partial charge >= 0.3 is 6.03 Å². The number of likely N-dealkylation sites (tertiary alicyclic amines) is 1. The minimum Gasteiger partial charge on any atom is -0.376 e. The number of piperidine rings is 1. The van der Waals surface area contributed by atoms with E-state index in [0.717, 1.165) is 32.3 Å². The zero-order chi connectivity index (χ0) is 12.1. The second-order valence-corrected chi connectivity index (χ2v) is 4.71. The number of ether oxygens (including phenoxy) is 1. The summed E-state index contributed by atoms with van der Waals surface area (Å²) in [6, 6.07) is 2.24. The summed E-state index contributed by atoms with van der Waals surface area (Å²) in [5.41, 5.74) is 0. The van der Waals surface area contributed by atoms with Gasteiger partial charge in [-0.3, -0.25) is 0 Å². The summed E-state index contributed by atoms with van der Waals surface area (Å²) in [4.78, 5) is 13.6. The zero-order valence-electron chi connectivity index (χ0n) is 10.0. The summed E-state index contributed by atoms with van der Waals surface area (Å²) in [6.45, 7) is 2.80. The molecule has 0 unspecified atom stereocenters. The quantitative estimate of drug-likeness (QED) is 0.782. The van der Waals surface area contributed by atoms with Gasteiger partial charge in [-0.2, -0.15) is 5.26 Å². The van der Waals surface area contributed by atoms with Crippen LogP contribution in [0, 0.1) is 17.2 Å². The molecule has 2 aliphatic rings. The first-order valence-electron chi connectivity index (χ1n) is 6.33. The van der Waals surface area contributed by atoms with Gasteiger partial charge in [0.25, 0.3) is 0 Å². The molecule has 5 heteroatoms. The van der Waals surface area contributed by atoms with Crippen molar-refractivity contribution in [2.75, 3.05) is 26.2 Å². The predicted molar refractivity (Wildman–Crippen MR) is 62.3 cm³/mol. The van der Waals surface area contributed by atoms with Gasteiger partial charge in [0.15, 0.2) is 0 Å². The van der Waals surface area contributed by atoms with Crippen molar-refractivity contribution in [2.24, 2.45) is 5.92 Å². The van der Waals surface area contributed by atoms with Crippen molar-refractivity contribution in [1.82, 2.24) is 10.2 Å². The molecule has 2 saturated heterocycles. The number of nitrogens with one attached hydrogen (secondary N) is 1. The third kappa shape index (κ3) is 3.34. The molecular weight excluding hydrogens is 218 g/mol. The summed E-state index contributed by atoms with van der Waals surface area (Å²) < 4.78 is 5.45. The Balaban J connectivity index is 1.68. The Labute approximate surface area is 102 Å². The highest BCUT2D eigenvalue weighted by Gasteiger charge is 2.23. The van der Waals surface area contributed by atoms with Crippen LogP contribution in [-0.4, -0.2) is 43.3 Å². The summed E-state index contributed by atoms with van der Waals surface area (Å²) in [7, 11) is 0. The standard InChI is InChI=1S/C12H19N3O2/c13-8-10-3-5-15(6-4-10)12(16)14-9-11-2-1-7-17-11/h10-11H,1-7,9H2,(H,14,16)/t11-/m1/s1. The highest BCUT2D eigenvalue weighted by atomic mass is 16.5. The average Bonchev–Trinajstić information content (AvgIpc) is 2.89. The van der Waals surface area contributed by atoms with Gasteiger partial charge < -0.3 is 15.0 Å². The van der Waals surface area contributed by atoms with Crippen molar-refractivity contribution in [3.8, 4) is 6.07 Å². The van der Waals surface area contributed by atoms with Crippen LogP contribution in [0.5, 0.6) is 0 Å². The third-order valence-electron chi connectivity index (χ3n) is 3.47. The fourth-order valence-electron chi connectivity index (χ4n) is 2.33. The number of amides is 2. The van der Waals surface area contributed by atoms with Crippen molar-refractivity contribution < 1.29 is 9.53 Å². The minimum atomic E-state index is -0.0168. The van der Waals surface area contributed by atoms with E-state index in [4.69, 9.17) is 10.00 Å². The third-order valence-corrected chi connectivity index (χ3v) is 3.47. The number of urea groups is 1. The molecule has 0 bridgehead atoms. The minimum absolute atomic E-state index is 0.0168. The van der Waals surface area contributed by atoms with Crippen LogP contribution in [0.15, 0.2) is 0 Å². The molecule has 2 amide bonds. The fraction of sp³-hybridized carbons (Fsp3) is 0.833. The van der Waals surface area contributed by atoms with E-state index in [9.17, 15) is 4.79 Å². The zero-order valence-corrected chi connectivity index (χ0v) is 10.0. The molecule has 94 valence electrons. The molecule has 1 atom stereocenters. The van der Waals surface area contributed by atoms with E-state index in [1.807, 2.05) is 0 Å². The number of hydrogen-bond acceptors (Lipinski definition) is 3. The van der Waals surface area contributed by atoms with E-state index < -0.39 is 0 Å². The highest BCUT2D eigenvalue weighted by Crippen LogP contribution is 2.16. The molecule has 0 aromatic carbocycles. The first-order chi connectivity index (χ1) is 8.29. The lowest BCUT2D eigenvalue weighted by atomic mass is 9.99. The van der Waals surface area contributed by atoms with E-state index >= 15 is 0 Å². The van der Waals surface area contributed by atoms with Crippen LogP contribution in [0.2, 0.25) is 0 Å². The second kappa shape index (κ2) is 5.87. The molecule has 2 fully saturated rings. The normalized spacial score (nSPS) is 25.6. The van der Waals surface area contributed by atoms with Gasteiger partial charge in [-0.15, -0.1) is 0 Å². The van der Waals surface area contributed by atoms with Crippen LogP contribution in [0.1, 0.15) is 25.7 Å². The first kappa shape index (κ1) is 12.2. The van der Waals surface area contributed by atoms with Gasteiger partial charge in [0.2, 0.25) is 0 Å². The Hall–Kier alpha value is -1.28. The predicted octanol–water partition coefficient (Wildman–Crippen LogP) is 1.11. The number of rotatable bonds is 2. The molecule has 0 spiro atoms. The van der Waals surface area contributed by atoms with Crippen LogP contribution in [-0.2, 0) is 4.74 Å². The molecule has 2 aliphatic heterocycles. The fourth-order valence-corrected chi connectivity index (χ4v) is 2.33. The van der Waals surface area contributed by atoms with Gasteiger partial charge in [-0.25, -0.2) is 4.79 Å². The van der Waals surface area contributed by atoms with Crippen molar-refractivity contribution >= 4 is 6.03 Å². The van der Waals surface area contributed by atoms with Gasteiger partial charge in [0, 0.05) is 32.2 Å². The van der Waals surface area contributed by atoms with E-state index in [0.29, 0.717) is 19.6 Å². The molecular formula is C12H19N3O2. The van der Waals surface area contributed by atoms with Crippen molar-refractivity contribution in [2.45, 2.75) is 31.8 Å². The number of carbonyl (C=O) groups is 1. The topological polar surface area (TPSA) is 65.4 Å². The van der Waals surface area contributed by atoms with E-state index in [1.54, 1.807) is 4.90 Å². The summed E-state index contributed by atoms with van der Waals surface area (Å²) in [6.07, 6.45) is 3.91. The molecule has 17 heavy (non-hydrogen) atoms. The molecule has 0 aromatic heterocycles. The molecule has 0 aliphatic carbocycles. The number of hydrogen-bond donors (Lipinski definition) is 1. The Morgan fingerprint density at radius 2 is 2.18 bits per heavy atom. The Morgan fingerprint density at radius 1 is 1.41 bits per heavy atom. The first-order valence-corrected chi connectivity index (χ1v) is 6.33. The van der Waals surface area contributed by atoms with Crippen LogP contribution in [0.25, 0.3) is 0 Å². The van der Waals surface area contributed by atoms with Gasteiger partial charge in [0.05, 0.1) is 12.2 Å². The lowest BCUT2D eigenvalue weighted by Gasteiger charge is -2.29. The maximum absolute atomic E-state index is 11.8. The Bertz CT molecular complexity index is 299. The molecule has 0 saturated carbocycles. The molecule has 5 nitrogen and oxygen atoms in total. The lowest BCUT2D eigenvalue weighted by Crippen LogP contribution is -2.46. The summed E-state index contributed by atoms with van der Waals surface area (Å²) in [5.74, 6) is 0.122. The highest BCUT2D eigenvalue weighted by molar-refractivity contribution is 5.74. The number of nitriles is 1. The Morgan fingerprint density at radius 3 is 2.76 bits per heavy atom. The van der Waals surface area contributed by atoms with Crippen molar-refractivity contribution in [3.05, 3.63) is 0 Å². The van der Waals surface area contributed by atoms with Crippen molar-refractivity contribution in [3.63, 3.8) is 0 Å². The molecule has 2 heterocycles. The van der Waals surface area contributed by atoms with Crippen LogP contribution < -0.4 is 5.32 Å². The molecule has 1 N–H and O–H groups in total. The Kier molecular flexibility index (Phi) is 4.21. The summed E-state index contributed by atoms with van der Waals surface area (Å²) >= 11 is 0. The molecule has 2 rings (SSSR count). The van der Waals surface area contributed by atoms with E-state index in [2.05, 4.69) is 11.4 Å². The van der Waals surface area contributed by atoms with Crippen LogP contribution >= 0.6 is 0 Å². The van der Waals surface area contributed by atoms with Gasteiger partial charge in [-0.05, 0) is 25.7 Å². The van der Waals surface area contributed by atoms with Crippen molar-refractivity contribution in [1.29, 1.82) is 5.26 Å². The number of carbonyl (C=O) groups excluding carboxylic acids is 1. The largest absolute Gasteiger partial charge is 0.376 e. The second-order valence-electron chi connectivity index (χ2n) is 4.71. The smallest absolute Gasteiger partial charge is 0.317 e. The van der Waals surface area contributed by atoms with E-state index in [1.165, 1.54) is 0 Å². The SMILES string of the molecule is N#CC1CCN(C(=O)NC[C@H]2CCCO2)CC1. The monoisotopic (exact) mass is 237 g/mol. The lowest BCUT2D eigenvalue weighted by molar-refractivity contribution is 0.107.